The molecule has 1 rings (SSSR count). The molecule has 5 heteroatoms. The largest absolute Gasteiger partial charge is 0.495 e. The summed E-state index contributed by atoms with van der Waals surface area (Å²) in [6, 6.07) is 3.78. The van der Waals surface area contributed by atoms with Gasteiger partial charge in [-0.05, 0) is 18.6 Å². The van der Waals surface area contributed by atoms with Gasteiger partial charge in [0.1, 0.15) is 5.75 Å². The molecular weight excluding hydrogens is 254 g/mol. The van der Waals surface area contributed by atoms with Crippen molar-refractivity contribution in [1.82, 2.24) is 0 Å². The highest BCUT2D eigenvalue weighted by atomic mass is 35.5. The Morgan fingerprint density at radius 2 is 1.94 bits per heavy atom. The lowest BCUT2D eigenvalue weighted by Gasteiger charge is -2.13. The number of aryl methyl sites for hydroxylation is 1. The Morgan fingerprint density at radius 3 is 2.61 bits per heavy atom. The summed E-state index contributed by atoms with van der Waals surface area (Å²) in [6.45, 7) is 4.51. The summed E-state index contributed by atoms with van der Waals surface area (Å²) < 4.78 is 15.5. The predicted molar refractivity (Wildman–Crippen MR) is 73.9 cm³/mol. The zero-order valence-corrected chi connectivity index (χ0v) is 11.8. The van der Waals surface area contributed by atoms with E-state index in [-0.39, 0.29) is 0 Å². The van der Waals surface area contributed by atoms with E-state index in [9.17, 15) is 0 Å². The van der Waals surface area contributed by atoms with Crippen molar-refractivity contribution in [1.29, 1.82) is 0 Å². The number of ether oxygens (including phenoxy) is 3. The van der Waals surface area contributed by atoms with Crippen LogP contribution in [0.4, 0.5) is 5.69 Å². The van der Waals surface area contributed by atoms with E-state index in [0.717, 1.165) is 17.0 Å². The van der Waals surface area contributed by atoms with Crippen LogP contribution >= 0.6 is 11.6 Å². The molecule has 0 radical (unpaired) electrons. The summed E-state index contributed by atoms with van der Waals surface area (Å²) in [6.07, 6.45) is 0. The molecule has 4 nitrogen and oxygen atoms in total. The molecule has 0 saturated heterocycles. The summed E-state index contributed by atoms with van der Waals surface area (Å²) in [4.78, 5) is 0. The van der Waals surface area contributed by atoms with Crippen molar-refractivity contribution in [3.63, 3.8) is 0 Å². The molecule has 0 saturated carbocycles. The zero-order chi connectivity index (χ0) is 13.4. The second-order valence-corrected chi connectivity index (χ2v) is 4.24. The first-order chi connectivity index (χ1) is 8.69. The van der Waals surface area contributed by atoms with Crippen molar-refractivity contribution in [2.75, 3.05) is 45.9 Å². The number of anilines is 1. The van der Waals surface area contributed by atoms with Gasteiger partial charge < -0.3 is 19.5 Å². The third-order valence-corrected chi connectivity index (χ3v) is 2.88. The predicted octanol–water partition coefficient (Wildman–Crippen LogP) is 2.73. The minimum atomic E-state index is 0.606. The van der Waals surface area contributed by atoms with Gasteiger partial charge in [-0.15, -0.1) is 0 Å². The molecule has 1 N–H and O–H groups in total. The number of methoxy groups -OCH3 is 2. The van der Waals surface area contributed by atoms with Crippen LogP contribution in [0.25, 0.3) is 0 Å². The first-order valence-electron chi connectivity index (χ1n) is 5.83. The Kier molecular flexibility index (Phi) is 6.86. The SMILES string of the molecule is COCCOCCNc1cc(C)c(Cl)cc1OC. The molecule has 0 aliphatic rings. The highest BCUT2D eigenvalue weighted by Crippen LogP contribution is 2.30. The number of benzene rings is 1. The summed E-state index contributed by atoms with van der Waals surface area (Å²) in [5, 5.41) is 3.96. The average Bonchev–Trinajstić information content (AvgIpc) is 2.37. The quantitative estimate of drug-likeness (QED) is 0.740. The van der Waals surface area contributed by atoms with Crippen molar-refractivity contribution in [2.45, 2.75) is 6.92 Å². The van der Waals surface area contributed by atoms with E-state index in [1.54, 1.807) is 14.2 Å². The van der Waals surface area contributed by atoms with Crippen LogP contribution in [0.15, 0.2) is 12.1 Å². The molecule has 0 aliphatic carbocycles. The Balaban J connectivity index is 2.43. The fourth-order valence-corrected chi connectivity index (χ4v) is 1.63. The van der Waals surface area contributed by atoms with Gasteiger partial charge in [0.05, 0.1) is 32.6 Å². The molecule has 0 aliphatic heterocycles. The molecule has 0 bridgehead atoms. The molecule has 0 aromatic heterocycles. The van der Waals surface area contributed by atoms with Crippen LogP contribution in [0.5, 0.6) is 5.75 Å². The molecule has 0 spiro atoms. The highest BCUT2D eigenvalue weighted by molar-refractivity contribution is 6.31. The summed E-state index contributed by atoms with van der Waals surface area (Å²) in [5.41, 5.74) is 1.94. The van der Waals surface area contributed by atoms with E-state index in [4.69, 9.17) is 25.8 Å². The van der Waals surface area contributed by atoms with Gasteiger partial charge in [-0.1, -0.05) is 11.6 Å². The molecule has 0 fully saturated rings. The maximum Gasteiger partial charge on any atom is 0.143 e. The second-order valence-electron chi connectivity index (χ2n) is 3.83. The lowest BCUT2D eigenvalue weighted by molar-refractivity contribution is 0.0759. The molecule has 0 amide bonds. The third kappa shape index (κ3) is 4.72. The molecule has 102 valence electrons. The highest BCUT2D eigenvalue weighted by Gasteiger charge is 2.06. The van der Waals surface area contributed by atoms with Crippen molar-refractivity contribution in [3.8, 4) is 5.75 Å². The Labute approximate surface area is 113 Å². The van der Waals surface area contributed by atoms with Crippen LogP contribution in [0.1, 0.15) is 5.56 Å². The fraction of sp³-hybridized carbons (Fsp3) is 0.538. The molecular formula is C13H20ClNO3. The minimum Gasteiger partial charge on any atom is -0.495 e. The Morgan fingerprint density at radius 1 is 1.17 bits per heavy atom. The van der Waals surface area contributed by atoms with Crippen molar-refractivity contribution in [3.05, 3.63) is 22.7 Å². The number of hydrogen-bond donors (Lipinski definition) is 1. The van der Waals surface area contributed by atoms with Crippen molar-refractivity contribution in [2.24, 2.45) is 0 Å². The van der Waals surface area contributed by atoms with E-state index in [1.165, 1.54) is 0 Å². The van der Waals surface area contributed by atoms with Gasteiger partial charge in [0.25, 0.3) is 0 Å². The first kappa shape index (κ1) is 15.1. The second kappa shape index (κ2) is 8.19. The lowest BCUT2D eigenvalue weighted by Crippen LogP contribution is -2.12. The lowest BCUT2D eigenvalue weighted by atomic mass is 10.2. The number of rotatable bonds is 8. The van der Waals surface area contributed by atoms with Gasteiger partial charge in [0.15, 0.2) is 0 Å². The van der Waals surface area contributed by atoms with E-state index in [0.29, 0.717) is 31.4 Å². The number of hydrogen-bond acceptors (Lipinski definition) is 4. The Hall–Kier alpha value is -0.970. The topological polar surface area (TPSA) is 39.7 Å². The molecule has 18 heavy (non-hydrogen) atoms. The minimum absolute atomic E-state index is 0.606. The summed E-state index contributed by atoms with van der Waals surface area (Å²) in [7, 11) is 3.28. The smallest absolute Gasteiger partial charge is 0.143 e. The van der Waals surface area contributed by atoms with Crippen LogP contribution < -0.4 is 10.1 Å². The van der Waals surface area contributed by atoms with Crippen LogP contribution in [-0.2, 0) is 9.47 Å². The fourth-order valence-electron chi connectivity index (χ4n) is 1.47. The normalized spacial score (nSPS) is 10.4. The molecule has 0 heterocycles. The van der Waals surface area contributed by atoms with Gasteiger partial charge >= 0.3 is 0 Å². The summed E-state index contributed by atoms with van der Waals surface area (Å²) in [5.74, 6) is 0.738. The average molecular weight is 274 g/mol. The molecule has 0 unspecified atom stereocenters. The number of nitrogens with one attached hydrogen (secondary N) is 1. The Bertz CT molecular complexity index is 371. The zero-order valence-electron chi connectivity index (χ0n) is 11.1. The van der Waals surface area contributed by atoms with Crippen molar-refractivity contribution < 1.29 is 14.2 Å². The van der Waals surface area contributed by atoms with Crippen LogP contribution in [-0.4, -0.2) is 40.6 Å². The van der Waals surface area contributed by atoms with Crippen LogP contribution in [0, 0.1) is 6.92 Å². The maximum atomic E-state index is 6.04. The van der Waals surface area contributed by atoms with Gasteiger partial charge in [0.2, 0.25) is 0 Å². The van der Waals surface area contributed by atoms with Gasteiger partial charge in [0, 0.05) is 24.7 Å². The van der Waals surface area contributed by atoms with Crippen molar-refractivity contribution >= 4 is 17.3 Å². The standard InChI is InChI=1S/C13H20ClNO3/c1-10-8-12(13(17-3)9-11(10)14)15-4-5-18-7-6-16-2/h8-9,15H,4-7H2,1-3H3. The van der Waals surface area contributed by atoms with E-state index in [2.05, 4.69) is 5.32 Å². The number of halogens is 1. The van der Waals surface area contributed by atoms with E-state index in [1.807, 2.05) is 19.1 Å². The molecule has 1 aromatic rings. The molecule has 1 aromatic carbocycles. The van der Waals surface area contributed by atoms with Gasteiger partial charge in [-0.3, -0.25) is 0 Å². The van der Waals surface area contributed by atoms with E-state index >= 15 is 0 Å². The maximum absolute atomic E-state index is 6.04. The van der Waals surface area contributed by atoms with Gasteiger partial charge in [-0.2, -0.15) is 0 Å². The van der Waals surface area contributed by atoms with Gasteiger partial charge in [-0.25, -0.2) is 0 Å². The van der Waals surface area contributed by atoms with E-state index < -0.39 is 0 Å². The van der Waals surface area contributed by atoms with Crippen LogP contribution in [0.2, 0.25) is 5.02 Å². The molecule has 0 atom stereocenters. The third-order valence-electron chi connectivity index (χ3n) is 2.47. The first-order valence-corrected chi connectivity index (χ1v) is 6.21. The summed E-state index contributed by atoms with van der Waals surface area (Å²) >= 11 is 6.04. The monoisotopic (exact) mass is 273 g/mol. The van der Waals surface area contributed by atoms with Crippen LogP contribution in [0.3, 0.4) is 0 Å².